The van der Waals surface area contributed by atoms with Crippen LogP contribution in [0.25, 0.3) is 0 Å². The first-order chi connectivity index (χ1) is 9.36. The van der Waals surface area contributed by atoms with Crippen LogP contribution >= 0.6 is 12.6 Å². The van der Waals surface area contributed by atoms with E-state index in [1.54, 1.807) is 13.8 Å². The number of hydrazone groups is 1. The number of hydrogen-bond acceptors (Lipinski definition) is 4. The van der Waals surface area contributed by atoms with Gasteiger partial charge in [0.15, 0.2) is 0 Å². The smallest absolute Gasteiger partial charge is 0.240 e. The summed E-state index contributed by atoms with van der Waals surface area (Å²) >= 11 is 4.22. The Morgan fingerprint density at radius 2 is 1.95 bits per heavy atom. The normalized spacial score (nSPS) is 15.3. The van der Waals surface area contributed by atoms with Crippen LogP contribution in [-0.4, -0.2) is 22.3 Å². The summed E-state index contributed by atoms with van der Waals surface area (Å²) in [6.45, 7) is 3.47. The van der Waals surface area contributed by atoms with E-state index in [0.29, 0.717) is 18.5 Å². The molecule has 6 heteroatoms. The van der Waals surface area contributed by atoms with Gasteiger partial charge in [0.05, 0.1) is 10.5 Å². The van der Waals surface area contributed by atoms with E-state index in [2.05, 4.69) is 28.5 Å². The zero-order valence-corrected chi connectivity index (χ0v) is 12.3. The van der Waals surface area contributed by atoms with Gasteiger partial charge in [-0.15, -0.1) is 0 Å². The quantitative estimate of drug-likeness (QED) is 0.745. The van der Waals surface area contributed by atoms with Crippen molar-refractivity contribution in [2.75, 3.05) is 5.32 Å². The fraction of sp³-hybridized carbons (Fsp3) is 0.357. The molecular weight excluding hydrogens is 274 g/mol. The van der Waals surface area contributed by atoms with Crippen molar-refractivity contribution in [3.8, 4) is 0 Å². The average Bonchev–Trinajstić information content (AvgIpc) is 2.39. The van der Waals surface area contributed by atoms with E-state index in [9.17, 15) is 9.59 Å². The minimum atomic E-state index is -0.726. The van der Waals surface area contributed by atoms with Gasteiger partial charge >= 0.3 is 0 Å². The monoisotopic (exact) mass is 291 g/mol. The summed E-state index contributed by atoms with van der Waals surface area (Å²) in [5.41, 5.74) is 4.96. The first kappa shape index (κ1) is 14.6. The number of nitrogens with zero attached hydrogens (tertiary/aromatic N) is 1. The van der Waals surface area contributed by atoms with Gasteiger partial charge in [-0.25, -0.2) is 5.43 Å². The highest BCUT2D eigenvalue weighted by Gasteiger charge is 2.22. The molecule has 2 N–H and O–H groups in total. The maximum Gasteiger partial charge on any atom is 0.240 e. The largest absolute Gasteiger partial charge is 0.325 e. The van der Waals surface area contributed by atoms with Crippen molar-refractivity contribution in [1.29, 1.82) is 0 Å². The second kappa shape index (κ2) is 5.66. The van der Waals surface area contributed by atoms with E-state index < -0.39 is 4.75 Å². The third-order valence-electron chi connectivity index (χ3n) is 2.94. The third kappa shape index (κ3) is 3.60. The number of thiol groups is 1. The van der Waals surface area contributed by atoms with Gasteiger partial charge in [-0.2, -0.15) is 17.7 Å². The summed E-state index contributed by atoms with van der Waals surface area (Å²) in [6, 6.07) is 7.37. The molecule has 0 spiro atoms. The predicted octanol–water partition coefficient (Wildman–Crippen LogP) is 1.95. The van der Waals surface area contributed by atoms with Crippen LogP contribution in [0.3, 0.4) is 0 Å². The standard InChI is InChI=1S/C14H17N3O2S/c1-14(2,20)13(19)15-10-5-3-9(4-6-10)11-7-8-12(18)17-16-11/h3-6,20H,7-8H2,1-2H3,(H,15,19)(H,17,18). The Kier molecular flexibility index (Phi) is 4.13. The van der Waals surface area contributed by atoms with Gasteiger partial charge in [-0.3, -0.25) is 9.59 Å². The molecule has 0 unspecified atom stereocenters. The number of hydrogen-bond donors (Lipinski definition) is 3. The van der Waals surface area contributed by atoms with Crippen LogP contribution in [0.5, 0.6) is 0 Å². The SMILES string of the molecule is CC(C)(S)C(=O)Nc1ccc(C2=NNC(=O)CC2)cc1. The highest BCUT2D eigenvalue weighted by Crippen LogP contribution is 2.18. The lowest BCUT2D eigenvalue weighted by molar-refractivity contribution is -0.121. The summed E-state index contributed by atoms with van der Waals surface area (Å²) in [7, 11) is 0. The lowest BCUT2D eigenvalue weighted by atomic mass is 10.0. The van der Waals surface area contributed by atoms with Crippen molar-refractivity contribution in [2.24, 2.45) is 5.10 Å². The Morgan fingerprint density at radius 1 is 1.30 bits per heavy atom. The zero-order valence-electron chi connectivity index (χ0n) is 11.4. The number of benzene rings is 1. The van der Waals surface area contributed by atoms with E-state index >= 15 is 0 Å². The molecule has 106 valence electrons. The second-order valence-corrected chi connectivity index (χ2v) is 6.30. The average molecular weight is 291 g/mol. The lowest BCUT2D eigenvalue weighted by Crippen LogP contribution is -2.31. The van der Waals surface area contributed by atoms with Crippen LogP contribution in [0.1, 0.15) is 32.3 Å². The number of amides is 2. The lowest BCUT2D eigenvalue weighted by Gasteiger charge is -2.17. The highest BCUT2D eigenvalue weighted by molar-refractivity contribution is 7.82. The Balaban J connectivity index is 2.07. The molecule has 2 amide bonds. The van der Waals surface area contributed by atoms with Gasteiger partial charge in [0.2, 0.25) is 11.8 Å². The summed E-state index contributed by atoms with van der Waals surface area (Å²) in [5, 5.41) is 6.82. The Hall–Kier alpha value is -1.82. The molecule has 20 heavy (non-hydrogen) atoms. The van der Waals surface area contributed by atoms with Crippen molar-refractivity contribution in [3.05, 3.63) is 29.8 Å². The van der Waals surface area contributed by atoms with Gasteiger partial charge in [0.1, 0.15) is 0 Å². The molecular formula is C14H17N3O2S. The molecule has 0 radical (unpaired) electrons. The summed E-state index contributed by atoms with van der Waals surface area (Å²) in [4.78, 5) is 22.8. The minimum absolute atomic E-state index is 0.0614. The summed E-state index contributed by atoms with van der Waals surface area (Å²) in [5.74, 6) is -0.218. The van der Waals surface area contributed by atoms with Gasteiger partial charge in [0.25, 0.3) is 0 Å². The van der Waals surface area contributed by atoms with Crippen LogP contribution in [-0.2, 0) is 9.59 Å². The van der Waals surface area contributed by atoms with Crippen LogP contribution in [0, 0.1) is 0 Å². The molecule has 2 rings (SSSR count). The first-order valence-electron chi connectivity index (χ1n) is 6.36. The molecule has 0 fully saturated rings. The topological polar surface area (TPSA) is 70.6 Å². The van der Waals surface area contributed by atoms with E-state index in [1.165, 1.54) is 0 Å². The fourth-order valence-corrected chi connectivity index (χ4v) is 1.77. The van der Waals surface area contributed by atoms with Gasteiger partial charge < -0.3 is 5.32 Å². The molecule has 0 aliphatic carbocycles. The Bertz CT molecular complexity index is 559. The van der Waals surface area contributed by atoms with Gasteiger partial charge in [-0.05, 0) is 31.5 Å². The van der Waals surface area contributed by atoms with Crippen molar-refractivity contribution < 1.29 is 9.59 Å². The maximum atomic E-state index is 11.8. The van der Waals surface area contributed by atoms with Crippen molar-refractivity contribution in [1.82, 2.24) is 5.43 Å². The van der Waals surface area contributed by atoms with Crippen molar-refractivity contribution >= 4 is 35.8 Å². The number of rotatable bonds is 3. The number of anilines is 1. The predicted molar refractivity (Wildman–Crippen MR) is 82.1 cm³/mol. The van der Waals surface area contributed by atoms with Crippen LogP contribution in [0.15, 0.2) is 29.4 Å². The molecule has 0 atom stereocenters. The van der Waals surface area contributed by atoms with Gasteiger partial charge in [0, 0.05) is 18.5 Å². The summed E-state index contributed by atoms with van der Waals surface area (Å²) in [6.07, 6.45) is 1.08. The molecule has 1 aliphatic rings. The minimum Gasteiger partial charge on any atom is -0.325 e. The Labute approximate surface area is 123 Å². The maximum absolute atomic E-state index is 11.8. The molecule has 0 saturated carbocycles. The number of carbonyl (C=O) groups is 2. The van der Waals surface area contributed by atoms with Gasteiger partial charge in [-0.1, -0.05) is 12.1 Å². The molecule has 5 nitrogen and oxygen atoms in total. The van der Waals surface area contributed by atoms with Crippen molar-refractivity contribution in [2.45, 2.75) is 31.4 Å². The number of nitrogens with one attached hydrogen (secondary N) is 2. The third-order valence-corrected chi connectivity index (χ3v) is 3.14. The van der Waals surface area contributed by atoms with E-state index in [4.69, 9.17) is 0 Å². The molecule has 1 aliphatic heterocycles. The fourth-order valence-electron chi connectivity index (χ4n) is 1.71. The highest BCUT2D eigenvalue weighted by atomic mass is 32.1. The van der Waals surface area contributed by atoms with Crippen LogP contribution in [0.4, 0.5) is 5.69 Å². The molecule has 0 aromatic heterocycles. The Morgan fingerprint density at radius 3 is 2.45 bits per heavy atom. The summed E-state index contributed by atoms with van der Waals surface area (Å²) < 4.78 is -0.726. The van der Waals surface area contributed by atoms with E-state index in [-0.39, 0.29) is 11.8 Å². The zero-order chi connectivity index (χ0) is 14.8. The number of carbonyl (C=O) groups excluding carboxylic acids is 2. The van der Waals surface area contributed by atoms with Crippen molar-refractivity contribution in [3.63, 3.8) is 0 Å². The second-order valence-electron chi connectivity index (χ2n) is 5.18. The van der Waals surface area contributed by atoms with E-state index in [1.807, 2.05) is 24.3 Å². The molecule has 0 saturated heterocycles. The molecule has 1 heterocycles. The van der Waals surface area contributed by atoms with E-state index in [0.717, 1.165) is 11.3 Å². The van der Waals surface area contributed by atoms with Crippen LogP contribution in [0.2, 0.25) is 0 Å². The molecule has 1 aromatic rings. The van der Waals surface area contributed by atoms with Crippen LogP contribution < -0.4 is 10.7 Å². The molecule has 1 aromatic carbocycles. The first-order valence-corrected chi connectivity index (χ1v) is 6.80. The molecule has 0 bridgehead atoms.